The molecule has 0 N–H and O–H groups in total. The van der Waals surface area contributed by atoms with Gasteiger partial charge in [0.05, 0.1) is 0 Å². The van der Waals surface area contributed by atoms with Crippen LogP contribution in [0.4, 0.5) is 0 Å². The Morgan fingerprint density at radius 2 is 1.67 bits per heavy atom. The normalized spacial score (nSPS) is 10.1. The fourth-order valence-corrected chi connectivity index (χ4v) is 2.97. The minimum absolute atomic E-state index is 0.141. The van der Waals surface area contributed by atoms with E-state index in [2.05, 4.69) is 43.2 Å². The lowest BCUT2D eigenvalue weighted by atomic mass is 9.41. The Kier molecular flexibility index (Phi) is 4.57. The maximum atomic E-state index is 6.29. The largest absolute Gasteiger partial charge is 0.236 e. The summed E-state index contributed by atoms with van der Waals surface area (Å²) in [7, 11) is 0. The second-order valence-electron chi connectivity index (χ2n) is 3.98. The van der Waals surface area contributed by atoms with Crippen LogP contribution in [0.15, 0.2) is 66.0 Å². The van der Waals surface area contributed by atoms with E-state index in [1.54, 1.807) is 11.8 Å². The number of hydrogen-bond acceptors (Lipinski definition) is 1. The van der Waals surface area contributed by atoms with E-state index >= 15 is 0 Å². The molecule has 0 nitrogen and oxygen atoms in total. The van der Waals surface area contributed by atoms with Crippen molar-refractivity contribution in [3.8, 4) is 0 Å². The Bertz CT molecular complexity index is 554. The predicted molar refractivity (Wildman–Crippen MR) is 84.9 cm³/mol. The number of thioether (sulfide) groups is 1. The third kappa shape index (κ3) is 2.65. The van der Waals surface area contributed by atoms with Gasteiger partial charge in [-0.15, -0.1) is 24.3 Å². The molecule has 2 aromatic rings. The van der Waals surface area contributed by atoms with Gasteiger partial charge in [-0.3, -0.25) is 0 Å². The van der Waals surface area contributed by atoms with Crippen molar-refractivity contribution < 1.29 is 0 Å². The molecule has 0 amide bonds. The van der Waals surface area contributed by atoms with Crippen LogP contribution in [0.2, 0.25) is 5.02 Å². The van der Waals surface area contributed by atoms with Crippen LogP contribution in [0.25, 0.3) is 0 Å². The lowest BCUT2D eigenvalue weighted by molar-refractivity contribution is 1.52. The molecule has 0 saturated carbocycles. The quantitative estimate of drug-likeness (QED) is 0.607. The number of rotatable bonds is 4. The van der Waals surface area contributed by atoms with Gasteiger partial charge in [0.1, 0.15) is 0 Å². The van der Waals surface area contributed by atoms with E-state index in [4.69, 9.17) is 11.6 Å². The Hall–Kier alpha value is -1.12. The van der Waals surface area contributed by atoms with Crippen LogP contribution in [0.5, 0.6) is 0 Å². The summed E-state index contributed by atoms with van der Waals surface area (Å²) in [5.41, 5.74) is 2.36. The van der Waals surface area contributed by atoms with E-state index in [0.29, 0.717) is 0 Å². The van der Waals surface area contributed by atoms with Crippen LogP contribution in [0.1, 0.15) is 0 Å². The topological polar surface area (TPSA) is 0 Å². The second kappa shape index (κ2) is 6.17. The van der Waals surface area contributed by atoms with Crippen LogP contribution in [0, 0.1) is 0 Å². The molecular formula is C15H14BClS. The van der Waals surface area contributed by atoms with Crippen molar-refractivity contribution in [2.45, 2.75) is 4.90 Å². The number of halogens is 1. The molecule has 0 aliphatic carbocycles. The first-order chi connectivity index (χ1) is 8.77. The SMILES string of the molecule is C=CB(c1ccccc1Cl)c1ccccc1SC. The lowest BCUT2D eigenvalue weighted by Gasteiger charge is -2.15. The molecule has 0 saturated heterocycles. The summed E-state index contributed by atoms with van der Waals surface area (Å²) in [5, 5.41) is 0.790. The van der Waals surface area contributed by atoms with E-state index in [9.17, 15) is 0 Å². The van der Waals surface area contributed by atoms with Gasteiger partial charge in [0, 0.05) is 9.92 Å². The third-order valence-electron chi connectivity index (χ3n) is 2.95. The Balaban J connectivity index is 2.52. The first-order valence-corrected chi connectivity index (χ1v) is 7.38. The Labute approximate surface area is 118 Å². The van der Waals surface area contributed by atoms with E-state index in [1.165, 1.54) is 10.4 Å². The molecule has 0 bridgehead atoms. The first-order valence-electron chi connectivity index (χ1n) is 5.77. The van der Waals surface area contributed by atoms with Crippen molar-refractivity contribution >= 4 is 41.0 Å². The highest BCUT2D eigenvalue weighted by Crippen LogP contribution is 2.14. The fraction of sp³-hybridized carbons (Fsp3) is 0.0667. The maximum absolute atomic E-state index is 6.29. The van der Waals surface area contributed by atoms with Gasteiger partial charge in [-0.25, -0.2) is 0 Å². The van der Waals surface area contributed by atoms with Crippen LogP contribution in [-0.2, 0) is 0 Å². The first kappa shape index (κ1) is 13.3. The van der Waals surface area contributed by atoms with E-state index < -0.39 is 0 Å². The van der Waals surface area contributed by atoms with Crippen LogP contribution in [-0.4, -0.2) is 13.0 Å². The molecule has 0 fully saturated rings. The average molecular weight is 273 g/mol. The zero-order valence-corrected chi connectivity index (χ0v) is 11.8. The molecular weight excluding hydrogens is 258 g/mol. The average Bonchev–Trinajstić information content (AvgIpc) is 2.42. The third-order valence-corrected chi connectivity index (χ3v) is 4.11. The van der Waals surface area contributed by atoms with Crippen molar-refractivity contribution in [3.63, 3.8) is 0 Å². The molecule has 90 valence electrons. The van der Waals surface area contributed by atoms with Gasteiger partial charge in [-0.2, -0.15) is 0 Å². The van der Waals surface area contributed by atoms with Gasteiger partial charge in [0.25, 0.3) is 0 Å². The van der Waals surface area contributed by atoms with Gasteiger partial charge in [-0.1, -0.05) is 58.9 Å². The second-order valence-corrected chi connectivity index (χ2v) is 5.23. The smallest absolute Gasteiger partial charge is 0.130 e. The predicted octanol–water partition coefficient (Wildman–Crippen LogP) is 3.40. The van der Waals surface area contributed by atoms with Crippen molar-refractivity contribution in [1.82, 2.24) is 0 Å². The monoisotopic (exact) mass is 272 g/mol. The van der Waals surface area contributed by atoms with Gasteiger partial charge < -0.3 is 0 Å². The minimum atomic E-state index is 0.141. The van der Waals surface area contributed by atoms with Crippen molar-refractivity contribution in [2.75, 3.05) is 6.26 Å². The summed E-state index contributed by atoms with van der Waals surface area (Å²) in [6, 6.07) is 16.3. The van der Waals surface area contributed by atoms with E-state index in [1.807, 2.05) is 24.2 Å². The van der Waals surface area contributed by atoms with Crippen molar-refractivity contribution in [1.29, 1.82) is 0 Å². The van der Waals surface area contributed by atoms with Crippen molar-refractivity contribution in [2.24, 2.45) is 0 Å². The molecule has 0 spiro atoms. The molecule has 3 heteroatoms. The molecule has 2 rings (SSSR count). The summed E-state index contributed by atoms with van der Waals surface area (Å²) in [6.07, 6.45) is 2.09. The van der Waals surface area contributed by atoms with Gasteiger partial charge in [0.15, 0.2) is 0 Å². The summed E-state index contributed by atoms with van der Waals surface area (Å²) < 4.78 is 0. The van der Waals surface area contributed by atoms with E-state index in [-0.39, 0.29) is 6.71 Å². The standard InChI is InChI=1S/C15H14BClS/c1-3-16(12-8-4-6-10-14(12)17)13-9-5-7-11-15(13)18-2/h3-11H,1H2,2H3. The number of benzene rings is 2. The molecule has 0 aliphatic rings. The van der Waals surface area contributed by atoms with Crippen LogP contribution < -0.4 is 10.9 Å². The molecule has 0 aromatic heterocycles. The highest BCUT2D eigenvalue weighted by molar-refractivity contribution is 7.98. The maximum Gasteiger partial charge on any atom is 0.236 e. The minimum Gasteiger partial charge on any atom is -0.130 e. The molecule has 0 aliphatic heterocycles. The summed E-state index contributed by atoms with van der Waals surface area (Å²) in [4.78, 5) is 1.27. The zero-order valence-electron chi connectivity index (χ0n) is 10.3. The molecule has 2 aromatic carbocycles. The summed E-state index contributed by atoms with van der Waals surface area (Å²) in [6.45, 7) is 4.10. The molecule has 0 unspecified atom stereocenters. The molecule has 18 heavy (non-hydrogen) atoms. The Morgan fingerprint density at radius 1 is 1.06 bits per heavy atom. The summed E-state index contributed by atoms with van der Waals surface area (Å²) >= 11 is 8.04. The molecule has 0 heterocycles. The fourth-order valence-electron chi connectivity index (χ4n) is 2.07. The van der Waals surface area contributed by atoms with Gasteiger partial charge in [0.2, 0.25) is 6.71 Å². The molecule has 0 atom stereocenters. The highest BCUT2D eigenvalue weighted by Gasteiger charge is 2.20. The van der Waals surface area contributed by atoms with E-state index in [0.717, 1.165) is 10.5 Å². The highest BCUT2D eigenvalue weighted by atomic mass is 35.5. The summed E-state index contributed by atoms with van der Waals surface area (Å²) in [5.74, 6) is 1.95. The van der Waals surface area contributed by atoms with Crippen LogP contribution >= 0.6 is 23.4 Å². The van der Waals surface area contributed by atoms with Gasteiger partial charge >= 0.3 is 0 Å². The van der Waals surface area contributed by atoms with Gasteiger partial charge in [-0.05, 0) is 18.4 Å². The van der Waals surface area contributed by atoms with Crippen LogP contribution in [0.3, 0.4) is 0 Å². The number of hydrogen-bond donors (Lipinski definition) is 0. The zero-order chi connectivity index (χ0) is 13.0. The Morgan fingerprint density at radius 3 is 2.28 bits per heavy atom. The van der Waals surface area contributed by atoms with Crippen molar-refractivity contribution in [3.05, 3.63) is 66.1 Å². The lowest BCUT2D eigenvalue weighted by Crippen LogP contribution is -2.42. The molecule has 0 radical (unpaired) electrons.